The molecule has 2 aromatic carbocycles. The molecule has 5 aromatic rings. The van der Waals surface area contributed by atoms with Crippen molar-refractivity contribution in [2.45, 2.75) is 65.8 Å². The minimum atomic E-state index is -1.23. The maximum atomic E-state index is 15.2. The molecule has 216 valence electrons. The standard InChI is InChI=1S/C29H35ClFN7O2Si/c1-17(2)38-18(3)34-27-23(31)11-20(12-25(27)38)26-22(30)14-32-29(36-26)35-24-8-7-19(15-39)21-13-33-37(28(21)24)16-40-9-10-41(4,5)6/h7-8,11-14,17,39H,9-10,15-16H2,1-6H3,(H,32,35,36). The van der Waals surface area contributed by atoms with E-state index in [1.54, 1.807) is 10.9 Å². The second-order valence-electron chi connectivity index (χ2n) is 11.6. The molecule has 0 radical (unpaired) electrons. The Morgan fingerprint density at radius 2 is 1.93 bits per heavy atom. The zero-order valence-corrected chi connectivity index (χ0v) is 25.9. The summed E-state index contributed by atoms with van der Waals surface area (Å²) in [5.41, 5.74) is 4.10. The first kappa shape index (κ1) is 29.1. The van der Waals surface area contributed by atoms with E-state index in [1.165, 1.54) is 12.3 Å². The van der Waals surface area contributed by atoms with Crippen molar-refractivity contribution < 1.29 is 14.2 Å². The van der Waals surface area contributed by atoms with E-state index >= 15 is 4.39 Å². The topological polar surface area (TPSA) is 103 Å². The summed E-state index contributed by atoms with van der Waals surface area (Å²) in [5.74, 6) is 0.575. The van der Waals surface area contributed by atoms with E-state index in [-0.39, 0.29) is 25.3 Å². The molecule has 0 amide bonds. The first-order valence-electron chi connectivity index (χ1n) is 13.6. The van der Waals surface area contributed by atoms with Crippen molar-refractivity contribution in [3.63, 3.8) is 0 Å². The molecule has 41 heavy (non-hydrogen) atoms. The van der Waals surface area contributed by atoms with Crippen LogP contribution in [0.2, 0.25) is 30.7 Å². The molecule has 0 aliphatic heterocycles. The number of nitrogens with zero attached hydrogens (tertiary/aromatic N) is 6. The first-order valence-corrected chi connectivity index (χ1v) is 17.7. The van der Waals surface area contributed by atoms with Gasteiger partial charge in [0.2, 0.25) is 5.95 Å². The molecule has 0 saturated carbocycles. The van der Waals surface area contributed by atoms with Crippen LogP contribution < -0.4 is 5.32 Å². The number of rotatable bonds is 10. The highest BCUT2D eigenvalue weighted by Crippen LogP contribution is 2.34. The number of fused-ring (bicyclic) bond motifs is 2. The number of aliphatic hydroxyl groups excluding tert-OH is 1. The van der Waals surface area contributed by atoms with Crippen LogP contribution >= 0.6 is 11.6 Å². The van der Waals surface area contributed by atoms with Crippen LogP contribution in [0.15, 0.2) is 36.7 Å². The highest BCUT2D eigenvalue weighted by Gasteiger charge is 2.19. The van der Waals surface area contributed by atoms with Crippen LogP contribution in [0.3, 0.4) is 0 Å². The van der Waals surface area contributed by atoms with Crippen LogP contribution in [-0.4, -0.2) is 49.1 Å². The Kier molecular flexibility index (Phi) is 8.15. The van der Waals surface area contributed by atoms with Crippen LogP contribution in [0, 0.1) is 12.7 Å². The third-order valence-electron chi connectivity index (χ3n) is 6.98. The van der Waals surface area contributed by atoms with Crippen molar-refractivity contribution in [3.05, 3.63) is 58.9 Å². The average Bonchev–Trinajstić information content (AvgIpc) is 3.48. The lowest BCUT2D eigenvalue weighted by Gasteiger charge is -2.16. The molecule has 0 aliphatic carbocycles. The third kappa shape index (κ3) is 5.99. The van der Waals surface area contributed by atoms with Gasteiger partial charge in [0.05, 0.1) is 46.4 Å². The van der Waals surface area contributed by atoms with E-state index in [2.05, 4.69) is 45.0 Å². The van der Waals surface area contributed by atoms with Gasteiger partial charge in [-0.2, -0.15) is 5.10 Å². The molecular weight excluding hydrogens is 561 g/mol. The number of hydrogen-bond acceptors (Lipinski definition) is 7. The number of benzene rings is 2. The van der Waals surface area contributed by atoms with Crippen LogP contribution in [-0.2, 0) is 18.1 Å². The molecule has 3 heterocycles. The van der Waals surface area contributed by atoms with Crippen molar-refractivity contribution in [2.24, 2.45) is 0 Å². The van der Waals surface area contributed by atoms with Crippen LogP contribution in [0.5, 0.6) is 0 Å². The van der Waals surface area contributed by atoms with Crippen molar-refractivity contribution in [3.8, 4) is 11.3 Å². The van der Waals surface area contributed by atoms with E-state index in [4.69, 9.17) is 16.3 Å². The largest absolute Gasteiger partial charge is 0.392 e. The summed E-state index contributed by atoms with van der Waals surface area (Å²) in [7, 11) is -1.23. The van der Waals surface area contributed by atoms with Gasteiger partial charge in [-0.1, -0.05) is 37.3 Å². The SMILES string of the molecule is Cc1nc2c(F)cc(-c3nc(Nc4ccc(CO)c5cnn(COCC[Si](C)(C)C)c45)ncc3Cl)cc2n1C(C)C. The molecule has 0 bridgehead atoms. The Balaban J connectivity index is 1.51. The number of hydrogen-bond donors (Lipinski definition) is 2. The number of aryl methyl sites for hydroxylation is 1. The molecule has 12 heteroatoms. The molecule has 0 atom stereocenters. The van der Waals surface area contributed by atoms with Gasteiger partial charge in [0.1, 0.15) is 18.1 Å². The van der Waals surface area contributed by atoms with Gasteiger partial charge >= 0.3 is 0 Å². The Bertz CT molecular complexity index is 1730. The van der Waals surface area contributed by atoms with Gasteiger partial charge in [-0.15, -0.1) is 0 Å². The fraction of sp³-hybridized carbons (Fsp3) is 0.379. The van der Waals surface area contributed by atoms with Gasteiger partial charge in [0.15, 0.2) is 5.82 Å². The zero-order valence-electron chi connectivity index (χ0n) is 24.2. The Morgan fingerprint density at radius 1 is 1.15 bits per heavy atom. The summed E-state index contributed by atoms with van der Waals surface area (Å²) < 4.78 is 24.9. The number of ether oxygens (including phenoxy) is 1. The zero-order chi connectivity index (χ0) is 29.5. The molecule has 3 aromatic heterocycles. The lowest BCUT2D eigenvalue weighted by Crippen LogP contribution is -2.22. The Labute approximate surface area is 244 Å². The van der Waals surface area contributed by atoms with Gasteiger partial charge in [-0.25, -0.2) is 24.0 Å². The Hall–Kier alpha value is -3.38. The smallest absolute Gasteiger partial charge is 0.227 e. The normalized spacial score (nSPS) is 12.2. The first-order chi connectivity index (χ1) is 19.5. The van der Waals surface area contributed by atoms with Gasteiger partial charge in [0, 0.05) is 31.7 Å². The van der Waals surface area contributed by atoms with Crippen molar-refractivity contribution in [1.82, 2.24) is 29.3 Å². The van der Waals surface area contributed by atoms with Crippen LogP contribution in [0.25, 0.3) is 33.2 Å². The lowest BCUT2D eigenvalue weighted by atomic mass is 10.1. The predicted octanol–water partition coefficient (Wildman–Crippen LogP) is 7.07. The van der Waals surface area contributed by atoms with Crippen molar-refractivity contribution >= 4 is 53.2 Å². The molecule has 5 rings (SSSR count). The van der Waals surface area contributed by atoms with Gasteiger partial charge in [0.25, 0.3) is 0 Å². The molecule has 0 unspecified atom stereocenters. The summed E-state index contributed by atoms with van der Waals surface area (Å²) in [6.07, 6.45) is 3.22. The van der Waals surface area contributed by atoms with Gasteiger partial charge in [-0.3, -0.25) is 0 Å². The van der Waals surface area contributed by atoms with Gasteiger partial charge < -0.3 is 19.7 Å². The highest BCUT2D eigenvalue weighted by atomic mass is 35.5. The number of anilines is 2. The third-order valence-corrected chi connectivity index (χ3v) is 8.96. The van der Waals surface area contributed by atoms with Crippen LogP contribution in [0.1, 0.15) is 31.3 Å². The predicted molar refractivity (Wildman–Crippen MR) is 164 cm³/mol. The molecule has 2 N–H and O–H groups in total. The molecule has 0 saturated heterocycles. The number of aromatic nitrogens is 6. The number of nitrogens with one attached hydrogen (secondary N) is 1. The van der Waals surface area contributed by atoms with E-state index < -0.39 is 13.9 Å². The minimum absolute atomic E-state index is 0.0985. The van der Waals surface area contributed by atoms with Crippen molar-refractivity contribution in [1.29, 1.82) is 0 Å². The minimum Gasteiger partial charge on any atom is -0.392 e. The van der Waals surface area contributed by atoms with E-state index in [9.17, 15) is 5.11 Å². The highest BCUT2D eigenvalue weighted by molar-refractivity contribution is 6.76. The maximum absolute atomic E-state index is 15.2. The second-order valence-corrected chi connectivity index (χ2v) is 17.7. The fourth-order valence-corrected chi connectivity index (χ4v) is 5.89. The van der Waals surface area contributed by atoms with Gasteiger partial charge in [-0.05, 0) is 50.6 Å². The summed E-state index contributed by atoms with van der Waals surface area (Å²) in [6.45, 7) is 13.6. The monoisotopic (exact) mass is 595 g/mol. The summed E-state index contributed by atoms with van der Waals surface area (Å²) >= 11 is 6.54. The summed E-state index contributed by atoms with van der Waals surface area (Å²) in [6, 6.07) is 8.08. The molecule has 0 spiro atoms. The second kappa shape index (κ2) is 11.5. The lowest BCUT2D eigenvalue weighted by molar-refractivity contribution is 0.0817. The van der Waals surface area contributed by atoms with E-state index in [0.717, 1.165) is 28.3 Å². The maximum Gasteiger partial charge on any atom is 0.227 e. The molecular formula is C29H35ClFN7O2Si. The fourth-order valence-electron chi connectivity index (χ4n) is 4.93. The molecule has 0 fully saturated rings. The molecule has 9 nitrogen and oxygen atoms in total. The summed E-state index contributed by atoms with van der Waals surface area (Å²) in [4.78, 5) is 13.5. The van der Waals surface area contributed by atoms with E-state index in [0.29, 0.717) is 39.6 Å². The number of halogens is 2. The molecule has 0 aliphatic rings. The van der Waals surface area contributed by atoms with Crippen LogP contribution in [0.4, 0.5) is 16.0 Å². The van der Waals surface area contributed by atoms with Crippen molar-refractivity contribution in [2.75, 3.05) is 11.9 Å². The Morgan fingerprint density at radius 3 is 2.63 bits per heavy atom. The number of aliphatic hydroxyl groups is 1. The quantitative estimate of drug-likeness (QED) is 0.131. The summed E-state index contributed by atoms with van der Waals surface area (Å²) in [5, 5.41) is 18.8. The number of imidazole rings is 1. The average molecular weight is 596 g/mol. The van der Waals surface area contributed by atoms with E-state index in [1.807, 2.05) is 43.5 Å².